The highest BCUT2D eigenvalue weighted by Gasteiger charge is 2.07. The first-order valence-corrected chi connectivity index (χ1v) is 10.3. The summed E-state index contributed by atoms with van der Waals surface area (Å²) >= 11 is 0. The number of guanidine groups is 1. The van der Waals surface area contributed by atoms with Crippen LogP contribution in [0.5, 0.6) is 0 Å². The van der Waals surface area contributed by atoms with Gasteiger partial charge in [0.1, 0.15) is 0 Å². The molecular formula is C24H27N7. The fraction of sp³-hybridized carbons (Fsp3) is 0.208. The standard InChI is InChI=1S/C24H27N7/c1-25-24(28-16-22-11-12-29-30(22)2)27-15-21-5-3-4-6-23(21)20-9-7-19(8-10-20)17-31-14-13-26-18-31/h3-14,18H,15-17H2,1-2H3,(H2,25,27,28). The van der Waals surface area contributed by atoms with Gasteiger partial charge in [0.2, 0.25) is 0 Å². The van der Waals surface area contributed by atoms with Crippen molar-refractivity contribution >= 4 is 5.96 Å². The minimum absolute atomic E-state index is 0.663. The molecule has 7 nitrogen and oxygen atoms in total. The summed E-state index contributed by atoms with van der Waals surface area (Å²) in [4.78, 5) is 8.44. The van der Waals surface area contributed by atoms with Crippen molar-refractivity contribution in [2.45, 2.75) is 19.6 Å². The van der Waals surface area contributed by atoms with Crippen molar-refractivity contribution in [1.29, 1.82) is 0 Å². The van der Waals surface area contributed by atoms with Crippen LogP contribution in [-0.4, -0.2) is 32.3 Å². The van der Waals surface area contributed by atoms with Gasteiger partial charge < -0.3 is 15.2 Å². The van der Waals surface area contributed by atoms with Crippen LogP contribution in [0.4, 0.5) is 0 Å². The van der Waals surface area contributed by atoms with Crippen LogP contribution in [0.1, 0.15) is 16.8 Å². The molecule has 2 N–H and O–H groups in total. The van der Waals surface area contributed by atoms with E-state index in [2.05, 4.69) is 78.8 Å². The van der Waals surface area contributed by atoms with Crippen molar-refractivity contribution in [3.05, 3.63) is 96.3 Å². The Kier molecular flexibility index (Phi) is 6.42. The molecule has 0 amide bonds. The van der Waals surface area contributed by atoms with E-state index < -0.39 is 0 Å². The van der Waals surface area contributed by atoms with Gasteiger partial charge in [-0.15, -0.1) is 0 Å². The molecule has 2 heterocycles. The van der Waals surface area contributed by atoms with Crippen molar-refractivity contribution in [2.75, 3.05) is 7.05 Å². The van der Waals surface area contributed by atoms with E-state index in [1.54, 1.807) is 19.4 Å². The Morgan fingerprint density at radius 3 is 2.48 bits per heavy atom. The van der Waals surface area contributed by atoms with Gasteiger partial charge in [0, 0.05) is 45.8 Å². The van der Waals surface area contributed by atoms with Crippen LogP contribution in [0.15, 0.2) is 84.5 Å². The van der Waals surface area contributed by atoms with E-state index in [1.165, 1.54) is 22.3 Å². The number of hydrogen-bond acceptors (Lipinski definition) is 3. The number of hydrogen-bond donors (Lipinski definition) is 2. The molecule has 4 rings (SSSR count). The summed E-state index contributed by atoms with van der Waals surface area (Å²) < 4.78 is 3.92. The normalized spacial score (nSPS) is 11.5. The molecule has 7 heteroatoms. The summed E-state index contributed by atoms with van der Waals surface area (Å²) in [5, 5.41) is 11.0. The maximum absolute atomic E-state index is 4.34. The Bertz CT molecular complexity index is 1120. The van der Waals surface area contributed by atoms with Crippen LogP contribution in [-0.2, 0) is 26.7 Å². The Balaban J connectivity index is 1.41. The average Bonchev–Trinajstić information content (AvgIpc) is 3.46. The van der Waals surface area contributed by atoms with E-state index in [4.69, 9.17) is 0 Å². The maximum atomic E-state index is 4.34. The largest absolute Gasteiger partial charge is 0.352 e. The lowest BCUT2D eigenvalue weighted by atomic mass is 9.98. The number of aromatic nitrogens is 4. The fourth-order valence-corrected chi connectivity index (χ4v) is 3.49. The quantitative estimate of drug-likeness (QED) is 0.361. The maximum Gasteiger partial charge on any atom is 0.191 e. The summed E-state index contributed by atoms with van der Waals surface area (Å²) in [7, 11) is 3.72. The molecule has 0 aliphatic rings. The molecule has 0 radical (unpaired) electrons. The predicted molar refractivity (Wildman–Crippen MR) is 123 cm³/mol. The van der Waals surface area contributed by atoms with E-state index in [0.29, 0.717) is 13.1 Å². The lowest BCUT2D eigenvalue weighted by Crippen LogP contribution is -2.36. The number of aliphatic imine (C=N–C) groups is 1. The molecule has 0 aliphatic heterocycles. The SMILES string of the molecule is CN=C(NCc1ccccc1-c1ccc(Cn2ccnc2)cc1)NCc1ccnn1C. The second-order valence-corrected chi connectivity index (χ2v) is 7.31. The molecule has 0 atom stereocenters. The zero-order valence-corrected chi connectivity index (χ0v) is 17.9. The van der Waals surface area contributed by atoms with Crippen LogP contribution in [0.3, 0.4) is 0 Å². The van der Waals surface area contributed by atoms with Gasteiger partial charge in [-0.3, -0.25) is 9.67 Å². The van der Waals surface area contributed by atoms with Crippen molar-refractivity contribution in [2.24, 2.45) is 12.0 Å². The van der Waals surface area contributed by atoms with Crippen LogP contribution >= 0.6 is 0 Å². The Hall–Kier alpha value is -3.87. The van der Waals surface area contributed by atoms with Crippen molar-refractivity contribution in [3.63, 3.8) is 0 Å². The van der Waals surface area contributed by atoms with E-state index in [9.17, 15) is 0 Å². The van der Waals surface area contributed by atoms with Gasteiger partial charge in [0.25, 0.3) is 0 Å². The molecule has 0 saturated carbocycles. The molecule has 0 spiro atoms. The second-order valence-electron chi connectivity index (χ2n) is 7.31. The van der Waals surface area contributed by atoms with Gasteiger partial charge in [-0.25, -0.2) is 4.98 Å². The van der Waals surface area contributed by atoms with Crippen molar-refractivity contribution in [3.8, 4) is 11.1 Å². The molecule has 0 fully saturated rings. The van der Waals surface area contributed by atoms with E-state index in [0.717, 1.165) is 18.2 Å². The van der Waals surface area contributed by atoms with Crippen LogP contribution < -0.4 is 10.6 Å². The summed E-state index contributed by atoms with van der Waals surface area (Å²) in [6.07, 6.45) is 7.41. The zero-order chi connectivity index (χ0) is 21.5. The van der Waals surface area contributed by atoms with Gasteiger partial charge in [0.15, 0.2) is 5.96 Å². The third kappa shape index (κ3) is 5.19. The van der Waals surface area contributed by atoms with Gasteiger partial charge in [-0.1, -0.05) is 48.5 Å². The lowest BCUT2D eigenvalue weighted by Gasteiger charge is -2.15. The van der Waals surface area contributed by atoms with E-state index in [-0.39, 0.29) is 0 Å². The van der Waals surface area contributed by atoms with Gasteiger partial charge in [0.05, 0.1) is 18.6 Å². The minimum atomic E-state index is 0.663. The first kappa shape index (κ1) is 20.4. The summed E-state index contributed by atoms with van der Waals surface area (Å²) in [5.74, 6) is 0.756. The molecule has 0 unspecified atom stereocenters. The number of benzene rings is 2. The summed E-state index contributed by atoms with van der Waals surface area (Å²) in [5.41, 5.74) is 5.97. The molecule has 31 heavy (non-hydrogen) atoms. The molecule has 2 aromatic carbocycles. The number of nitrogens with zero attached hydrogens (tertiary/aromatic N) is 5. The van der Waals surface area contributed by atoms with Gasteiger partial charge in [-0.2, -0.15) is 5.10 Å². The van der Waals surface area contributed by atoms with Crippen LogP contribution in [0.25, 0.3) is 11.1 Å². The Morgan fingerprint density at radius 1 is 0.968 bits per heavy atom. The molecule has 2 aromatic heterocycles. The third-order valence-electron chi connectivity index (χ3n) is 5.24. The van der Waals surface area contributed by atoms with Gasteiger partial charge in [-0.05, 0) is 28.3 Å². The first-order chi connectivity index (χ1) is 15.2. The number of rotatable bonds is 7. The van der Waals surface area contributed by atoms with Crippen molar-refractivity contribution in [1.82, 2.24) is 30.0 Å². The molecule has 0 bridgehead atoms. The Labute approximate surface area is 182 Å². The molecule has 0 saturated heterocycles. The monoisotopic (exact) mass is 413 g/mol. The molecule has 4 aromatic rings. The lowest BCUT2D eigenvalue weighted by molar-refractivity contribution is 0.684. The van der Waals surface area contributed by atoms with Gasteiger partial charge >= 0.3 is 0 Å². The summed E-state index contributed by atoms with van der Waals surface area (Å²) in [6, 6.07) is 19.2. The number of imidazole rings is 1. The predicted octanol–water partition coefficient (Wildman–Crippen LogP) is 3.20. The smallest absolute Gasteiger partial charge is 0.191 e. The molecular weight excluding hydrogens is 386 g/mol. The average molecular weight is 414 g/mol. The van der Waals surface area contributed by atoms with Crippen LogP contribution in [0.2, 0.25) is 0 Å². The number of nitrogens with one attached hydrogen (secondary N) is 2. The second kappa shape index (κ2) is 9.75. The number of aryl methyl sites for hydroxylation is 1. The van der Waals surface area contributed by atoms with Crippen molar-refractivity contribution < 1.29 is 0 Å². The topological polar surface area (TPSA) is 72.1 Å². The van der Waals surface area contributed by atoms with Crippen LogP contribution in [0, 0.1) is 0 Å². The summed E-state index contributed by atoms with van der Waals surface area (Å²) in [6.45, 7) is 2.16. The first-order valence-electron chi connectivity index (χ1n) is 10.3. The minimum Gasteiger partial charge on any atom is -0.352 e. The highest BCUT2D eigenvalue weighted by molar-refractivity contribution is 5.80. The molecule has 0 aliphatic carbocycles. The highest BCUT2D eigenvalue weighted by atomic mass is 15.3. The molecule has 158 valence electrons. The van der Waals surface area contributed by atoms with E-state index >= 15 is 0 Å². The fourth-order valence-electron chi connectivity index (χ4n) is 3.49. The zero-order valence-electron chi connectivity index (χ0n) is 17.9. The highest BCUT2D eigenvalue weighted by Crippen LogP contribution is 2.24. The third-order valence-corrected chi connectivity index (χ3v) is 5.24. The Morgan fingerprint density at radius 2 is 1.77 bits per heavy atom. The van der Waals surface area contributed by atoms with E-state index in [1.807, 2.05) is 30.3 Å².